The maximum atomic E-state index is 12.3. The van der Waals surface area contributed by atoms with Crippen molar-refractivity contribution in [2.75, 3.05) is 25.0 Å². The van der Waals surface area contributed by atoms with E-state index in [1.807, 2.05) is 20.8 Å². The number of rotatable bonds is 4. The lowest BCUT2D eigenvalue weighted by molar-refractivity contribution is -0.384. The number of anilines is 1. The standard InChI is InChI=1S/C19H25N5O4/c1-19(2,3)28-18(25)23-8-4-5-13(12-23)10-21-17-11-20-16-9-14(24(26)27)6-7-15(16)22-17/h6-7,9,11,13H,4-5,8,10,12H2,1-3H3,(H,21,22)/t13-/m1/s1. The SMILES string of the molecule is CC(C)(C)OC(=O)N1CCC[C@H](CNc2cnc3cc([N+](=O)[O-])ccc3n2)C1. The Labute approximate surface area is 163 Å². The summed E-state index contributed by atoms with van der Waals surface area (Å²) in [6, 6.07) is 4.42. The van der Waals surface area contributed by atoms with Crippen LogP contribution in [0.4, 0.5) is 16.3 Å². The number of piperidine rings is 1. The van der Waals surface area contributed by atoms with Gasteiger partial charge in [0.25, 0.3) is 5.69 Å². The molecule has 28 heavy (non-hydrogen) atoms. The van der Waals surface area contributed by atoms with Gasteiger partial charge in [0.05, 0.1) is 22.2 Å². The minimum Gasteiger partial charge on any atom is -0.444 e. The summed E-state index contributed by atoms with van der Waals surface area (Å²) in [5, 5.41) is 14.1. The molecule has 9 nitrogen and oxygen atoms in total. The quantitative estimate of drug-likeness (QED) is 0.630. The molecule has 1 aromatic carbocycles. The number of likely N-dealkylation sites (tertiary alicyclic amines) is 1. The van der Waals surface area contributed by atoms with E-state index in [-0.39, 0.29) is 17.7 Å². The number of aromatic nitrogens is 2. The van der Waals surface area contributed by atoms with Crippen molar-refractivity contribution in [3.05, 3.63) is 34.5 Å². The maximum Gasteiger partial charge on any atom is 0.410 e. The van der Waals surface area contributed by atoms with Gasteiger partial charge in [-0.05, 0) is 45.6 Å². The number of nitrogens with zero attached hydrogens (tertiary/aromatic N) is 4. The molecule has 0 unspecified atom stereocenters. The van der Waals surface area contributed by atoms with Crippen LogP contribution >= 0.6 is 0 Å². The van der Waals surface area contributed by atoms with Crippen LogP contribution in [0.1, 0.15) is 33.6 Å². The number of carbonyl (C=O) groups is 1. The van der Waals surface area contributed by atoms with E-state index in [9.17, 15) is 14.9 Å². The van der Waals surface area contributed by atoms with Crippen LogP contribution in [0.3, 0.4) is 0 Å². The van der Waals surface area contributed by atoms with Crippen LogP contribution in [0.15, 0.2) is 24.4 Å². The van der Waals surface area contributed by atoms with Gasteiger partial charge < -0.3 is 15.0 Å². The van der Waals surface area contributed by atoms with Gasteiger partial charge in [-0.15, -0.1) is 0 Å². The number of amides is 1. The Balaban J connectivity index is 1.59. The van der Waals surface area contributed by atoms with Gasteiger partial charge in [-0.3, -0.25) is 15.1 Å². The fourth-order valence-electron chi connectivity index (χ4n) is 3.17. The first kappa shape index (κ1) is 19.8. The summed E-state index contributed by atoms with van der Waals surface area (Å²) < 4.78 is 5.46. The molecule has 2 aromatic rings. The van der Waals surface area contributed by atoms with Gasteiger partial charge in [-0.25, -0.2) is 9.78 Å². The van der Waals surface area contributed by atoms with Gasteiger partial charge in [-0.1, -0.05) is 0 Å². The highest BCUT2D eigenvalue weighted by Gasteiger charge is 2.27. The van der Waals surface area contributed by atoms with Crippen molar-refractivity contribution in [3.8, 4) is 0 Å². The van der Waals surface area contributed by atoms with Crippen molar-refractivity contribution in [3.63, 3.8) is 0 Å². The molecule has 1 aliphatic rings. The zero-order valence-electron chi connectivity index (χ0n) is 16.3. The second kappa shape index (κ2) is 7.95. The molecule has 1 saturated heterocycles. The number of non-ortho nitro benzene ring substituents is 1. The number of hydrogen-bond donors (Lipinski definition) is 1. The van der Waals surface area contributed by atoms with E-state index in [1.165, 1.54) is 12.1 Å². The van der Waals surface area contributed by atoms with Gasteiger partial charge in [0.15, 0.2) is 0 Å². The van der Waals surface area contributed by atoms with E-state index in [0.717, 1.165) is 12.8 Å². The summed E-state index contributed by atoms with van der Waals surface area (Å²) in [6.07, 6.45) is 3.24. The first-order valence-corrected chi connectivity index (χ1v) is 9.34. The van der Waals surface area contributed by atoms with Gasteiger partial charge in [0.1, 0.15) is 11.4 Å². The molecule has 0 bridgehead atoms. The average molecular weight is 387 g/mol. The summed E-state index contributed by atoms with van der Waals surface area (Å²) in [7, 11) is 0. The lowest BCUT2D eigenvalue weighted by Gasteiger charge is -2.34. The smallest absolute Gasteiger partial charge is 0.410 e. The zero-order valence-corrected chi connectivity index (χ0v) is 16.3. The number of hydrogen-bond acceptors (Lipinski definition) is 7. The number of fused-ring (bicyclic) bond motifs is 1. The minimum atomic E-state index is -0.502. The Morgan fingerprint density at radius 2 is 2.18 bits per heavy atom. The molecule has 0 aliphatic carbocycles. The van der Waals surface area contributed by atoms with E-state index < -0.39 is 10.5 Å². The first-order chi connectivity index (χ1) is 13.2. The number of nitro benzene ring substituents is 1. The monoisotopic (exact) mass is 387 g/mol. The summed E-state index contributed by atoms with van der Waals surface area (Å²) in [4.78, 5) is 33.1. The molecule has 1 aliphatic heterocycles. The Morgan fingerprint density at radius 1 is 1.39 bits per heavy atom. The largest absolute Gasteiger partial charge is 0.444 e. The molecule has 3 rings (SSSR count). The molecule has 1 aromatic heterocycles. The molecular formula is C19H25N5O4. The number of ether oxygens (including phenoxy) is 1. The molecule has 9 heteroatoms. The van der Waals surface area contributed by atoms with E-state index in [1.54, 1.807) is 17.2 Å². The van der Waals surface area contributed by atoms with E-state index in [0.29, 0.717) is 36.5 Å². The number of benzene rings is 1. The van der Waals surface area contributed by atoms with E-state index in [4.69, 9.17) is 4.74 Å². The van der Waals surface area contributed by atoms with Crippen molar-refractivity contribution in [2.45, 2.75) is 39.2 Å². The Morgan fingerprint density at radius 3 is 2.89 bits per heavy atom. The molecule has 0 saturated carbocycles. The first-order valence-electron chi connectivity index (χ1n) is 9.34. The van der Waals surface area contributed by atoms with Gasteiger partial charge in [-0.2, -0.15) is 0 Å². The van der Waals surface area contributed by atoms with Crippen LogP contribution in [0.5, 0.6) is 0 Å². The van der Waals surface area contributed by atoms with Crippen molar-refractivity contribution in [1.29, 1.82) is 0 Å². The van der Waals surface area contributed by atoms with Crippen molar-refractivity contribution in [1.82, 2.24) is 14.9 Å². The highest BCUT2D eigenvalue weighted by molar-refractivity contribution is 5.78. The fourth-order valence-corrected chi connectivity index (χ4v) is 3.17. The topological polar surface area (TPSA) is 110 Å². The maximum absolute atomic E-state index is 12.3. The molecule has 150 valence electrons. The Bertz CT molecular complexity index is 880. The average Bonchev–Trinajstić information content (AvgIpc) is 2.64. The van der Waals surface area contributed by atoms with Gasteiger partial charge >= 0.3 is 6.09 Å². The zero-order chi connectivity index (χ0) is 20.3. The molecule has 1 amide bonds. The highest BCUT2D eigenvalue weighted by atomic mass is 16.6. The second-order valence-electron chi connectivity index (χ2n) is 8.00. The van der Waals surface area contributed by atoms with Crippen molar-refractivity contribution >= 4 is 28.6 Å². The minimum absolute atomic E-state index is 0.00745. The fraction of sp³-hybridized carbons (Fsp3) is 0.526. The highest BCUT2D eigenvalue weighted by Crippen LogP contribution is 2.21. The predicted octanol–water partition coefficient (Wildman–Crippen LogP) is 3.60. The number of nitro groups is 1. The van der Waals surface area contributed by atoms with Crippen LogP contribution in [0.25, 0.3) is 11.0 Å². The summed E-state index contributed by atoms with van der Waals surface area (Å²) in [5.74, 6) is 0.895. The van der Waals surface area contributed by atoms with E-state index in [2.05, 4.69) is 15.3 Å². The third-order valence-corrected chi connectivity index (χ3v) is 4.48. The third kappa shape index (κ3) is 5.05. The molecule has 2 heterocycles. The normalized spacial score (nSPS) is 17.4. The van der Waals surface area contributed by atoms with Crippen molar-refractivity contribution < 1.29 is 14.5 Å². The van der Waals surface area contributed by atoms with Gasteiger partial charge in [0, 0.05) is 31.8 Å². The molecule has 1 N–H and O–H groups in total. The van der Waals surface area contributed by atoms with Crippen LogP contribution in [0, 0.1) is 16.0 Å². The van der Waals surface area contributed by atoms with Gasteiger partial charge in [0.2, 0.25) is 0 Å². The van der Waals surface area contributed by atoms with Crippen LogP contribution < -0.4 is 5.32 Å². The third-order valence-electron chi connectivity index (χ3n) is 4.48. The second-order valence-corrected chi connectivity index (χ2v) is 8.00. The lowest BCUT2D eigenvalue weighted by Crippen LogP contribution is -2.44. The summed E-state index contributed by atoms with van der Waals surface area (Å²) >= 11 is 0. The number of carbonyl (C=O) groups excluding carboxylic acids is 1. The van der Waals surface area contributed by atoms with Crippen LogP contribution in [-0.2, 0) is 4.74 Å². The van der Waals surface area contributed by atoms with Crippen LogP contribution in [0.2, 0.25) is 0 Å². The van der Waals surface area contributed by atoms with E-state index >= 15 is 0 Å². The molecule has 0 radical (unpaired) electrons. The molecular weight excluding hydrogens is 362 g/mol. The Hall–Kier alpha value is -2.97. The van der Waals surface area contributed by atoms with Crippen LogP contribution in [-0.4, -0.2) is 51.1 Å². The number of nitrogens with one attached hydrogen (secondary N) is 1. The lowest BCUT2D eigenvalue weighted by atomic mass is 9.98. The molecule has 1 fully saturated rings. The Kier molecular flexibility index (Phi) is 5.62. The summed E-state index contributed by atoms with van der Waals surface area (Å²) in [6.45, 7) is 7.59. The van der Waals surface area contributed by atoms with Crippen molar-refractivity contribution in [2.24, 2.45) is 5.92 Å². The predicted molar refractivity (Wildman–Crippen MR) is 105 cm³/mol. The molecule has 1 atom stereocenters. The summed E-state index contributed by atoms with van der Waals surface area (Å²) in [5.41, 5.74) is 0.563. The molecule has 0 spiro atoms.